The average Bonchev–Trinajstić information content (AvgIpc) is 3.28. The number of amides is 2. The summed E-state index contributed by atoms with van der Waals surface area (Å²) >= 11 is 0. The van der Waals surface area contributed by atoms with E-state index in [0.717, 1.165) is 17.5 Å². The third kappa shape index (κ3) is 4.15. The molecule has 3 rings (SSSR count). The Kier molecular flexibility index (Phi) is 4.70. The first kappa shape index (κ1) is 17.0. The van der Waals surface area contributed by atoms with Gasteiger partial charge in [-0.25, -0.2) is 0 Å². The van der Waals surface area contributed by atoms with E-state index in [-0.39, 0.29) is 17.3 Å². The number of hydrogen-bond donors (Lipinski definition) is 2. The summed E-state index contributed by atoms with van der Waals surface area (Å²) in [5, 5.41) is 5.05. The monoisotopic (exact) mass is 339 g/mol. The molecule has 0 bridgehead atoms. The van der Waals surface area contributed by atoms with Gasteiger partial charge in [-0.2, -0.15) is 0 Å². The van der Waals surface area contributed by atoms with Gasteiger partial charge in [0.1, 0.15) is 5.69 Å². The topological polar surface area (TPSA) is 80.2 Å². The Morgan fingerprint density at radius 1 is 1.16 bits per heavy atom. The Balaban J connectivity index is 1.70. The van der Waals surface area contributed by atoms with Crippen LogP contribution in [0.3, 0.4) is 0 Å². The lowest BCUT2D eigenvalue weighted by Gasteiger charge is -2.10. The van der Waals surface area contributed by atoms with Crippen LogP contribution in [-0.2, 0) is 16.1 Å². The van der Waals surface area contributed by atoms with E-state index in [1.54, 1.807) is 12.3 Å². The third-order valence-corrected chi connectivity index (χ3v) is 4.37. The number of carbonyl (C=O) groups is 2. The highest BCUT2D eigenvalue weighted by atomic mass is 16.2. The smallest absolute Gasteiger partial charge is 0.313 e. The van der Waals surface area contributed by atoms with Crippen LogP contribution in [0.2, 0.25) is 0 Å². The number of benzene rings is 1. The lowest BCUT2D eigenvalue weighted by molar-refractivity contribution is -0.136. The summed E-state index contributed by atoms with van der Waals surface area (Å²) in [5.41, 5.74) is 1.88. The zero-order chi connectivity index (χ0) is 18.0. The first-order valence-electron chi connectivity index (χ1n) is 8.31. The molecule has 0 aliphatic heterocycles. The van der Waals surface area contributed by atoms with E-state index in [9.17, 15) is 14.4 Å². The van der Waals surface area contributed by atoms with Gasteiger partial charge in [0.2, 0.25) is 0 Å². The van der Waals surface area contributed by atoms with Crippen LogP contribution < -0.4 is 16.2 Å². The fourth-order valence-corrected chi connectivity index (χ4v) is 2.58. The lowest BCUT2D eigenvalue weighted by atomic mass is 10.1. The maximum atomic E-state index is 12.5. The molecule has 1 aliphatic rings. The zero-order valence-electron chi connectivity index (χ0n) is 14.3. The Labute approximate surface area is 145 Å². The molecule has 1 aromatic heterocycles. The van der Waals surface area contributed by atoms with Crippen molar-refractivity contribution in [2.24, 2.45) is 5.92 Å². The summed E-state index contributed by atoms with van der Waals surface area (Å²) in [6, 6.07) is 11.1. The highest BCUT2D eigenvalue weighted by Gasteiger charge is 2.35. The quantitative estimate of drug-likeness (QED) is 0.832. The van der Waals surface area contributed by atoms with Crippen molar-refractivity contribution in [1.82, 2.24) is 9.88 Å². The van der Waals surface area contributed by atoms with Gasteiger partial charge in [0.15, 0.2) is 0 Å². The molecule has 130 valence electrons. The van der Waals surface area contributed by atoms with Gasteiger partial charge < -0.3 is 15.2 Å². The molecule has 1 fully saturated rings. The van der Waals surface area contributed by atoms with Crippen LogP contribution in [0.4, 0.5) is 5.69 Å². The average molecular weight is 339 g/mol. The molecule has 25 heavy (non-hydrogen) atoms. The van der Waals surface area contributed by atoms with Crippen LogP contribution in [0.1, 0.15) is 24.5 Å². The van der Waals surface area contributed by atoms with Gasteiger partial charge in [0, 0.05) is 12.2 Å². The molecule has 2 aromatic rings. The van der Waals surface area contributed by atoms with E-state index in [1.807, 2.05) is 38.1 Å². The van der Waals surface area contributed by atoms with Gasteiger partial charge in [-0.1, -0.05) is 36.8 Å². The second-order valence-corrected chi connectivity index (χ2v) is 6.59. The van der Waals surface area contributed by atoms with E-state index in [4.69, 9.17) is 0 Å². The minimum atomic E-state index is -0.815. The van der Waals surface area contributed by atoms with Gasteiger partial charge in [0.25, 0.3) is 5.56 Å². The van der Waals surface area contributed by atoms with Gasteiger partial charge in [0.05, 0.1) is 6.54 Å². The molecule has 1 saturated carbocycles. The van der Waals surface area contributed by atoms with E-state index < -0.39 is 11.8 Å². The molecule has 0 radical (unpaired) electrons. The van der Waals surface area contributed by atoms with E-state index in [1.165, 1.54) is 10.6 Å². The maximum Gasteiger partial charge on any atom is 0.313 e. The van der Waals surface area contributed by atoms with Crippen LogP contribution in [0.15, 0.2) is 47.4 Å². The van der Waals surface area contributed by atoms with Crippen molar-refractivity contribution < 1.29 is 9.59 Å². The van der Waals surface area contributed by atoms with Gasteiger partial charge in [-0.3, -0.25) is 14.4 Å². The summed E-state index contributed by atoms with van der Waals surface area (Å²) in [7, 11) is 0. The lowest BCUT2D eigenvalue weighted by Crippen LogP contribution is -2.38. The summed E-state index contributed by atoms with van der Waals surface area (Å²) in [5.74, 6) is -1.12. The summed E-state index contributed by atoms with van der Waals surface area (Å²) in [4.78, 5) is 36.3. The van der Waals surface area contributed by atoms with Crippen molar-refractivity contribution in [3.05, 3.63) is 64.1 Å². The number of aryl methyl sites for hydroxylation is 1. The Morgan fingerprint density at radius 3 is 2.48 bits per heavy atom. The molecular formula is C19H21N3O3. The zero-order valence-corrected chi connectivity index (χ0v) is 14.3. The Hall–Kier alpha value is -2.89. The number of aromatic nitrogens is 1. The Morgan fingerprint density at radius 2 is 1.84 bits per heavy atom. The second kappa shape index (κ2) is 6.93. The van der Waals surface area contributed by atoms with E-state index >= 15 is 0 Å². The molecular weight excluding hydrogens is 318 g/mol. The van der Waals surface area contributed by atoms with Crippen LogP contribution in [0.25, 0.3) is 0 Å². The normalized spacial score (nSPS) is 18.5. The number of carbonyl (C=O) groups excluding carboxylic acids is 2. The summed E-state index contributed by atoms with van der Waals surface area (Å²) in [6.07, 6.45) is 2.54. The SMILES string of the molecule is Cc1ccc(Cn2cccc(NC(=O)C(=O)N[C@H]3C[C@@H]3C)c2=O)cc1. The number of hydrogen-bond acceptors (Lipinski definition) is 3. The first-order valence-corrected chi connectivity index (χ1v) is 8.31. The van der Waals surface area contributed by atoms with Gasteiger partial charge >= 0.3 is 11.8 Å². The molecule has 1 aliphatic carbocycles. The maximum absolute atomic E-state index is 12.5. The molecule has 2 amide bonds. The second-order valence-electron chi connectivity index (χ2n) is 6.59. The summed E-state index contributed by atoms with van der Waals surface area (Å²) < 4.78 is 1.50. The molecule has 2 N–H and O–H groups in total. The molecule has 2 atom stereocenters. The van der Waals surface area contributed by atoms with Crippen molar-refractivity contribution in [3.8, 4) is 0 Å². The highest BCUT2D eigenvalue weighted by molar-refractivity contribution is 6.39. The van der Waals surface area contributed by atoms with Crippen molar-refractivity contribution in [2.45, 2.75) is 32.9 Å². The van der Waals surface area contributed by atoms with Crippen LogP contribution in [0, 0.1) is 12.8 Å². The van der Waals surface area contributed by atoms with Gasteiger partial charge in [-0.15, -0.1) is 0 Å². The highest BCUT2D eigenvalue weighted by Crippen LogP contribution is 2.28. The fraction of sp³-hybridized carbons (Fsp3) is 0.316. The number of nitrogens with one attached hydrogen (secondary N) is 2. The molecule has 6 nitrogen and oxygen atoms in total. The van der Waals surface area contributed by atoms with Gasteiger partial charge in [-0.05, 0) is 37.0 Å². The van der Waals surface area contributed by atoms with E-state index in [0.29, 0.717) is 12.5 Å². The molecule has 0 saturated heterocycles. The number of anilines is 1. The van der Waals surface area contributed by atoms with Crippen LogP contribution in [-0.4, -0.2) is 22.4 Å². The standard InChI is InChI=1S/C19H21N3O3/c1-12-5-7-14(8-6-12)11-22-9-3-4-15(19(22)25)20-17(23)18(24)21-16-10-13(16)2/h3-9,13,16H,10-11H2,1-2H3,(H,20,23)(H,21,24)/t13-,16-/m0/s1. The van der Waals surface area contributed by atoms with Crippen molar-refractivity contribution in [2.75, 3.05) is 5.32 Å². The molecule has 0 spiro atoms. The largest absolute Gasteiger partial charge is 0.345 e. The minimum absolute atomic E-state index is 0.0622. The van der Waals surface area contributed by atoms with Crippen molar-refractivity contribution >= 4 is 17.5 Å². The number of pyridine rings is 1. The number of nitrogens with zero attached hydrogens (tertiary/aromatic N) is 1. The predicted molar refractivity (Wildman–Crippen MR) is 95.3 cm³/mol. The van der Waals surface area contributed by atoms with Crippen molar-refractivity contribution in [1.29, 1.82) is 0 Å². The van der Waals surface area contributed by atoms with E-state index in [2.05, 4.69) is 10.6 Å². The minimum Gasteiger partial charge on any atom is -0.345 e. The molecule has 0 unspecified atom stereocenters. The summed E-state index contributed by atoms with van der Waals surface area (Å²) in [6.45, 7) is 4.40. The molecule has 1 aromatic carbocycles. The molecule has 6 heteroatoms. The fourth-order valence-electron chi connectivity index (χ4n) is 2.58. The number of rotatable bonds is 4. The first-order chi connectivity index (χ1) is 11.9. The predicted octanol–water partition coefficient (Wildman–Crippen LogP) is 1.67. The van der Waals surface area contributed by atoms with Crippen LogP contribution >= 0.6 is 0 Å². The van der Waals surface area contributed by atoms with Crippen LogP contribution in [0.5, 0.6) is 0 Å². The van der Waals surface area contributed by atoms with Crippen molar-refractivity contribution in [3.63, 3.8) is 0 Å². The molecule has 1 heterocycles. The third-order valence-electron chi connectivity index (χ3n) is 4.37. The Bertz CT molecular complexity index is 855.